The van der Waals surface area contributed by atoms with Gasteiger partial charge in [0.25, 0.3) is 0 Å². The van der Waals surface area contributed by atoms with Gasteiger partial charge in [0.1, 0.15) is 22.9 Å². The van der Waals surface area contributed by atoms with Crippen LogP contribution in [-0.2, 0) is 18.9 Å². The SMILES string of the molecule is COc1cccc(-c2nn(C)cc2-c2nnc(SCC(=O)Nc3ccc(OC)cc3OC)n2C)c1. The average Bonchev–Trinajstić information content (AvgIpc) is 3.44. The number of hydrogen-bond donors (Lipinski definition) is 1. The number of aromatic nitrogens is 5. The van der Waals surface area contributed by atoms with Crippen molar-refractivity contribution in [3.63, 3.8) is 0 Å². The molecule has 0 fully saturated rings. The molecule has 0 atom stereocenters. The first kappa shape index (κ1) is 24.1. The van der Waals surface area contributed by atoms with Crippen molar-refractivity contribution in [3.8, 4) is 39.9 Å². The number of anilines is 1. The molecule has 0 saturated carbocycles. The Morgan fingerprint density at radius 2 is 1.77 bits per heavy atom. The van der Waals surface area contributed by atoms with Gasteiger partial charge in [0.15, 0.2) is 11.0 Å². The first-order valence-electron chi connectivity index (χ1n) is 10.7. The minimum Gasteiger partial charge on any atom is -0.497 e. The molecule has 2 aromatic heterocycles. The van der Waals surface area contributed by atoms with Gasteiger partial charge in [0, 0.05) is 31.9 Å². The van der Waals surface area contributed by atoms with Crippen LogP contribution < -0.4 is 19.5 Å². The van der Waals surface area contributed by atoms with Crippen LogP contribution >= 0.6 is 11.8 Å². The standard InChI is InChI=1S/C24H26N6O4S/c1-29-13-18(22(28-29)15-7-6-8-16(11-15)32-3)23-26-27-24(30(23)2)35-14-21(31)25-19-10-9-17(33-4)12-20(19)34-5/h6-13H,14H2,1-5H3,(H,25,31). The molecule has 11 heteroatoms. The number of carbonyl (C=O) groups is 1. The summed E-state index contributed by atoms with van der Waals surface area (Å²) in [4.78, 5) is 12.6. The van der Waals surface area contributed by atoms with Crippen LogP contribution in [0.3, 0.4) is 0 Å². The Hall–Kier alpha value is -3.99. The summed E-state index contributed by atoms with van der Waals surface area (Å²) in [6.45, 7) is 0. The van der Waals surface area contributed by atoms with Crippen molar-refractivity contribution in [2.45, 2.75) is 5.16 Å². The number of benzene rings is 2. The Kier molecular flexibility index (Phi) is 7.25. The molecule has 1 amide bonds. The maximum Gasteiger partial charge on any atom is 0.234 e. The van der Waals surface area contributed by atoms with Crippen LogP contribution in [-0.4, -0.2) is 57.5 Å². The van der Waals surface area contributed by atoms with Crippen molar-refractivity contribution in [2.24, 2.45) is 14.1 Å². The fraction of sp³-hybridized carbons (Fsp3) is 0.250. The molecule has 0 aliphatic rings. The van der Waals surface area contributed by atoms with Crippen molar-refractivity contribution in [1.82, 2.24) is 24.5 Å². The number of methoxy groups -OCH3 is 3. The molecule has 0 spiro atoms. The van der Waals surface area contributed by atoms with Crippen LogP contribution in [0.15, 0.2) is 53.8 Å². The van der Waals surface area contributed by atoms with Crippen LogP contribution in [0.5, 0.6) is 17.2 Å². The molecular formula is C24H26N6O4S. The summed E-state index contributed by atoms with van der Waals surface area (Å²) < 4.78 is 19.5. The van der Waals surface area contributed by atoms with Crippen molar-refractivity contribution < 1.29 is 19.0 Å². The predicted molar refractivity (Wildman–Crippen MR) is 134 cm³/mol. The lowest BCUT2D eigenvalue weighted by atomic mass is 10.1. The zero-order chi connectivity index (χ0) is 24.9. The number of nitrogens with one attached hydrogen (secondary N) is 1. The number of thioether (sulfide) groups is 1. The van der Waals surface area contributed by atoms with E-state index in [4.69, 9.17) is 14.2 Å². The van der Waals surface area contributed by atoms with Gasteiger partial charge in [-0.1, -0.05) is 23.9 Å². The molecular weight excluding hydrogens is 468 g/mol. The predicted octanol–water partition coefficient (Wildman–Crippen LogP) is 3.64. The molecule has 0 bridgehead atoms. The van der Waals surface area contributed by atoms with Crippen LogP contribution in [0.4, 0.5) is 5.69 Å². The van der Waals surface area contributed by atoms with Gasteiger partial charge in [-0.15, -0.1) is 10.2 Å². The van der Waals surface area contributed by atoms with E-state index in [-0.39, 0.29) is 11.7 Å². The van der Waals surface area contributed by atoms with Gasteiger partial charge in [0.2, 0.25) is 5.91 Å². The molecule has 0 radical (unpaired) electrons. The van der Waals surface area contributed by atoms with E-state index in [0.717, 1.165) is 22.6 Å². The zero-order valence-electron chi connectivity index (χ0n) is 20.1. The minimum atomic E-state index is -0.193. The molecule has 35 heavy (non-hydrogen) atoms. The Bertz CT molecular complexity index is 1350. The largest absolute Gasteiger partial charge is 0.497 e. The topological polar surface area (TPSA) is 105 Å². The van der Waals surface area contributed by atoms with E-state index in [2.05, 4.69) is 20.6 Å². The lowest BCUT2D eigenvalue weighted by Gasteiger charge is -2.11. The normalized spacial score (nSPS) is 10.8. The molecule has 0 unspecified atom stereocenters. The van der Waals surface area contributed by atoms with Crippen LogP contribution in [0.1, 0.15) is 0 Å². The third kappa shape index (κ3) is 5.24. The summed E-state index contributed by atoms with van der Waals surface area (Å²) in [5.74, 6) is 2.51. The van der Waals surface area contributed by atoms with Crippen molar-refractivity contribution in [3.05, 3.63) is 48.7 Å². The van der Waals surface area contributed by atoms with E-state index >= 15 is 0 Å². The molecule has 0 aliphatic carbocycles. The third-order valence-corrected chi connectivity index (χ3v) is 6.28. The van der Waals surface area contributed by atoms with E-state index in [1.54, 1.807) is 44.2 Å². The lowest BCUT2D eigenvalue weighted by Crippen LogP contribution is -2.15. The van der Waals surface area contributed by atoms with Gasteiger partial charge in [-0.25, -0.2) is 0 Å². The summed E-state index contributed by atoms with van der Waals surface area (Å²) in [7, 11) is 8.47. The minimum absolute atomic E-state index is 0.150. The highest BCUT2D eigenvalue weighted by Crippen LogP contribution is 2.33. The number of hydrogen-bond acceptors (Lipinski definition) is 8. The smallest absolute Gasteiger partial charge is 0.234 e. The summed E-state index contributed by atoms with van der Waals surface area (Å²) in [5.41, 5.74) is 3.07. The number of nitrogens with zero attached hydrogens (tertiary/aromatic N) is 5. The Morgan fingerprint density at radius 1 is 1.00 bits per heavy atom. The fourth-order valence-corrected chi connectivity index (χ4v) is 4.24. The molecule has 10 nitrogen and oxygen atoms in total. The van der Waals surface area contributed by atoms with Crippen LogP contribution in [0, 0.1) is 0 Å². The number of ether oxygens (including phenoxy) is 3. The molecule has 182 valence electrons. The van der Waals surface area contributed by atoms with Crippen molar-refractivity contribution in [2.75, 3.05) is 32.4 Å². The van der Waals surface area contributed by atoms with E-state index in [1.165, 1.54) is 11.8 Å². The Labute approximate surface area is 207 Å². The molecule has 0 saturated heterocycles. The number of carbonyl (C=O) groups excluding carboxylic acids is 1. The Balaban J connectivity index is 1.50. The van der Waals surface area contributed by atoms with Gasteiger partial charge < -0.3 is 24.1 Å². The zero-order valence-corrected chi connectivity index (χ0v) is 20.9. The second-order valence-electron chi connectivity index (χ2n) is 7.57. The highest BCUT2D eigenvalue weighted by Gasteiger charge is 2.20. The highest BCUT2D eigenvalue weighted by atomic mass is 32.2. The average molecular weight is 495 g/mol. The first-order chi connectivity index (χ1) is 16.9. The van der Waals surface area contributed by atoms with Gasteiger partial charge in [-0.2, -0.15) is 5.10 Å². The second-order valence-corrected chi connectivity index (χ2v) is 8.51. The highest BCUT2D eigenvalue weighted by molar-refractivity contribution is 7.99. The maximum absolute atomic E-state index is 12.6. The molecule has 0 aliphatic heterocycles. The van der Waals surface area contributed by atoms with E-state index in [1.807, 2.05) is 49.1 Å². The van der Waals surface area contributed by atoms with E-state index < -0.39 is 0 Å². The summed E-state index contributed by atoms with van der Waals surface area (Å²) in [6, 6.07) is 12.9. The van der Waals surface area contributed by atoms with Gasteiger partial charge in [-0.05, 0) is 24.3 Å². The first-order valence-corrected chi connectivity index (χ1v) is 11.6. The summed E-state index contributed by atoms with van der Waals surface area (Å²) in [6.07, 6.45) is 1.90. The second kappa shape index (κ2) is 10.5. The lowest BCUT2D eigenvalue weighted by molar-refractivity contribution is -0.113. The number of rotatable bonds is 9. The van der Waals surface area contributed by atoms with Gasteiger partial charge in [-0.3, -0.25) is 9.48 Å². The third-order valence-electron chi connectivity index (χ3n) is 5.26. The number of amides is 1. The van der Waals surface area contributed by atoms with Crippen LogP contribution in [0.25, 0.3) is 22.6 Å². The molecule has 2 aromatic carbocycles. The van der Waals surface area contributed by atoms with Crippen molar-refractivity contribution in [1.29, 1.82) is 0 Å². The van der Waals surface area contributed by atoms with Gasteiger partial charge in [0.05, 0.1) is 38.3 Å². The van der Waals surface area contributed by atoms with Crippen molar-refractivity contribution >= 4 is 23.4 Å². The fourth-order valence-electron chi connectivity index (χ4n) is 3.53. The van der Waals surface area contributed by atoms with Crippen LogP contribution in [0.2, 0.25) is 0 Å². The summed E-state index contributed by atoms with van der Waals surface area (Å²) in [5, 5.41) is 16.8. The maximum atomic E-state index is 12.6. The Morgan fingerprint density at radius 3 is 2.51 bits per heavy atom. The summed E-state index contributed by atoms with van der Waals surface area (Å²) >= 11 is 1.29. The van der Waals surface area contributed by atoms with E-state index in [0.29, 0.717) is 28.2 Å². The van der Waals surface area contributed by atoms with Gasteiger partial charge >= 0.3 is 0 Å². The quantitative estimate of drug-likeness (QED) is 0.352. The van der Waals surface area contributed by atoms with E-state index in [9.17, 15) is 4.79 Å². The molecule has 1 N–H and O–H groups in total. The molecule has 2 heterocycles. The monoisotopic (exact) mass is 494 g/mol. The number of aryl methyl sites for hydroxylation is 1. The molecule has 4 rings (SSSR count). The molecule has 4 aromatic rings.